The van der Waals surface area contributed by atoms with Gasteiger partial charge in [0.15, 0.2) is 16.5 Å². The average molecular weight is 997 g/mol. The van der Waals surface area contributed by atoms with Gasteiger partial charge in [-0.05, 0) is 68.3 Å². The summed E-state index contributed by atoms with van der Waals surface area (Å²) < 4.78 is 106. The lowest BCUT2D eigenvalue weighted by atomic mass is 10.1. The zero-order chi connectivity index (χ0) is 47.3. The van der Waals surface area contributed by atoms with E-state index in [1.807, 2.05) is 6.07 Å². The van der Waals surface area contributed by atoms with E-state index in [0.29, 0.717) is 10.5 Å². The number of aromatic nitrogens is 2. The first-order valence-corrected chi connectivity index (χ1v) is 24.4. The van der Waals surface area contributed by atoms with Crippen molar-refractivity contribution in [2.75, 3.05) is 29.2 Å². The van der Waals surface area contributed by atoms with E-state index < -0.39 is 68.7 Å². The topological polar surface area (TPSA) is 361 Å². The number of ether oxygens (including phenoxy) is 1. The van der Waals surface area contributed by atoms with E-state index in [4.69, 9.17) is 21.7 Å². The van der Waals surface area contributed by atoms with Crippen LogP contribution in [0, 0.1) is 30.6 Å². The van der Waals surface area contributed by atoms with Crippen molar-refractivity contribution in [3.63, 3.8) is 0 Å². The molecule has 2 aromatic heterocycles. The molecular formula is C35H34ClN11O12S5. The number of anilines is 1. The Labute approximate surface area is 378 Å². The second-order valence-corrected chi connectivity index (χ2v) is 19.8. The van der Waals surface area contributed by atoms with Crippen LogP contribution in [0.3, 0.4) is 0 Å². The number of amidine groups is 1. The largest absolute Gasteiger partial charge is 0.493 e. The van der Waals surface area contributed by atoms with Gasteiger partial charge in [-0.1, -0.05) is 11.6 Å². The van der Waals surface area contributed by atoms with Gasteiger partial charge in [-0.15, -0.1) is 50.0 Å². The third kappa shape index (κ3) is 12.3. The van der Waals surface area contributed by atoms with Crippen molar-refractivity contribution in [3.8, 4) is 17.7 Å². The summed E-state index contributed by atoms with van der Waals surface area (Å²) in [5, 5.41) is 55.7. The molecule has 0 spiro atoms. The number of imidazole rings is 1. The van der Waals surface area contributed by atoms with E-state index in [1.165, 1.54) is 50.2 Å². The fourth-order valence-corrected chi connectivity index (χ4v) is 9.16. The van der Waals surface area contributed by atoms with Crippen LogP contribution in [0.2, 0.25) is 5.02 Å². The first kappa shape index (κ1) is 49.4. The van der Waals surface area contributed by atoms with Crippen LogP contribution in [0.15, 0.2) is 76.9 Å². The summed E-state index contributed by atoms with van der Waals surface area (Å²) in [7, 11) is -13.6. The molecule has 23 nitrogen and oxygen atoms in total. The Morgan fingerprint density at radius 3 is 2.23 bits per heavy atom. The van der Waals surface area contributed by atoms with E-state index in [-0.39, 0.29) is 92.9 Å². The number of thiol groups is 1. The van der Waals surface area contributed by atoms with Crippen LogP contribution in [-0.2, 0) is 35.1 Å². The van der Waals surface area contributed by atoms with Gasteiger partial charge in [0.2, 0.25) is 11.8 Å². The van der Waals surface area contributed by atoms with E-state index in [0.717, 1.165) is 16.2 Å². The minimum Gasteiger partial charge on any atom is -0.493 e. The Balaban J connectivity index is 1.65. The molecule has 6 N–H and O–H groups in total. The number of nitriles is 1. The maximum absolute atomic E-state index is 12.4. The maximum Gasteiger partial charge on any atom is 0.298 e. The van der Waals surface area contributed by atoms with Crippen LogP contribution < -0.4 is 10.1 Å². The van der Waals surface area contributed by atoms with Gasteiger partial charge in [0.05, 0.1) is 45.5 Å². The van der Waals surface area contributed by atoms with Crippen molar-refractivity contribution in [3.05, 3.63) is 58.1 Å². The first-order chi connectivity index (χ1) is 29.9. The van der Waals surface area contributed by atoms with Crippen LogP contribution in [0.4, 0.5) is 34.1 Å². The van der Waals surface area contributed by atoms with Crippen molar-refractivity contribution < 1.29 is 53.5 Å². The van der Waals surface area contributed by atoms with Crippen molar-refractivity contribution in [1.29, 1.82) is 10.7 Å². The molecule has 0 unspecified atom stereocenters. The Bertz CT molecular complexity index is 3210. The van der Waals surface area contributed by atoms with Crippen molar-refractivity contribution in [2.24, 2.45) is 30.7 Å². The number of hydrogen-bond acceptors (Lipinski definition) is 18. The Hall–Kier alpha value is -5.64. The molecule has 5 aromatic rings. The number of nitrogens with zero attached hydrogens (tertiary/aromatic N) is 9. The summed E-state index contributed by atoms with van der Waals surface area (Å²) >= 11 is 11.1. The zero-order valence-electron chi connectivity index (χ0n) is 33.2. The summed E-state index contributed by atoms with van der Waals surface area (Å²) in [4.78, 5) is 16.0. The van der Waals surface area contributed by atoms with Gasteiger partial charge in [-0.2, -0.15) is 35.6 Å². The number of thioether (sulfide) groups is 1. The minimum absolute atomic E-state index is 0.0287. The molecule has 0 saturated carbocycles. The molecule has 0 aliphatic carbocycles. The highest BCUT2D eigenvalue weighted by molar-refractivity contribution is 7.99. The summed E-state index contributed by atoms with van der Waals surface area (Å²) in [5.74, 6) is -2.35. The fraction of sp³-hybridized carbons (Fsp3) is 0.257. The monoisotopic (exact) mass is 995 g/mol. The van der Waals surface area contributed by atoms with Gasteiger partial charge >= 0.3 is 0 Å². The minimum atomic E-state index is -5.01. The van der Waals surface area contributed by atoms with Crippen molar-refractivity contribution in [1.82, 2.24) is 9.38 Å². The molecule has 5 rings (SSSR count). The van der Waals surface area contributed by atoms with Crippen molar-refractivity contribution >= 4 is 128 Å². The summed E-state index contributed by atoms with van der Waals surface area (Å²) in [6.07, 6.45) is -0.157. The van der Waals surface area contributed by atoms with E-state index in [9.17, 15) is 54.1 Å². The number of benzene rings is 3. The normalized spacial score (nSPS) is 12.5. The predicted molar refractivity (Wildman–Crippen MR) is 238 cm³/mol. The third-order valence-electron chi connectivity index (χ3n) is 8.52. The predicted octanol–water partition coefficient (Wildman–Crippen LogP) is 8.35. The zero-order valence-corrected chi connectivity index (χ0v) is 38.2. The second kappa shape index (κ2) is 20.0. The number of azo groups is 3. The molecule has 0 atom stereocenters. The number of rotatable bonds is 17. The molecule has 29 heteroatoms. The number of carbonyl (C=O) groups excluding carboxylic acids is 1. The van der Waals surface area contributed by atoms with E-state index >= 15 is 0 Å². The maximum atomic E-state index is 12.4. The molecule has 0 saturated heterocycles. The van der Waals surface area contributed by atoms with Crippen LogP contribution in [0.5, 0.6) is 11.6 Å². The smallest absolute Gasteiger partial charge is 0.298 e. The highest BCUT2D eigenvalue weighted by Gasteiger charge is 2.28. The summed E-state index contributed by atoms with van der Waals surface area (Å²) in [6.45, 7) is 3.96. The van der Waals surface area contributed by atoms with Gasteiger partial charge < -0.3 is 15.2 Å². The van der Waals surface area contributed by atoms with E-state index in [2.05, 4.69) is 53.6 Å². The SMILES string of the molecule is CC(=O)Nc1cc(N=Nc2cc(OCCCS(=O)(=O)O)c(N=Nc3c(C)c(C#N)c4nc5ccc(Cl)c(S(=O)(=O)O)c5n4c3O)cc2C)c(SCCCS(=O)(=O)O)cc1N=NC(=N)S. The Morgan fingerprint density at radius 2 is 1.61 bits per heavy atom. The lowest BCUT2D eigenvalue weighted by Gasteiger charge is -2.13. The van der Waals surface area contributed by atoms with Crippen LogP contribution in [0.25, 0.3) is 16.7 Å². The highest BCUT2D eigenvalue weighted by Crippen LogP contribution is 2.44. The molecule has 0 radical (unpaired) electrons. The molecule has 338 valence electrons. The Kier molecular flexibility index (Phi) is 15.5. The number of aryl methyl sites for hydroxylation is 1. The molecule has 0 aliphatic heterocycles. The number of carbonyl (C=O) groups is 1. The third-order valence-corrected chi connectivity index (χ3v) is 12.7. The Morgan fingerprint density at radius 1 is 0.953 bits per heavy atom. The summed E-state index contributed by atoms with van der Waals surface area (Å²) in [5.41, 5.74) is -0.203. The summed E-state index contributed by atoms with van der Waals surface area (Å²) in [6, 6.07) is 10.1. The second-order valence-electron chi connectivity index (χ2n) is 13.3. The molecule has 3 aromatic carbocycles. The lowest BCUT2D eigenvalue weighted by molar-refractivity contribution is -0.114. The number of amides is 1. The average Bonchev–Trinajstić information content (AvgIpc) is 3.55. The number of nitrogens with one attached hydrogen (secondary N) is 2. The van der Waals surface area contributed by atoms with Crippen LogP contribution in [-0.4, -0.2) is 88.3 Å². The molecule has 0 fully saturated rings. The van der Waals surface area contributed by atoms with Crippen LogP contribution >= 0.6 is 36.0 Å². The van der Waals surface area contributed by atoms with Gasteiger partial charge in [-0.25, -0.2) is 4.98 Å². The molecule has 64 heavy (non-hydrogen) atoms. The first-order valence-electron chi connectivity index (χ1n) is 17.9. The highest BCUT2D eigenvalue weighted by atomic mass is 35.5. The fourth-order valence-electron chi connectivity index (χ4n) is 5.79. The lowest BCUT2D eigenvalue weighted by Crippen LogP contribution is -2.08. The van der Waals surface area contributed by atoms with Crippen molar-refractivity contribution in [2.45, 2.75) is 43.4 Å². The molecule has 1 amide bonds. The van der Waals surface area contributed by atoms with Crippen LogP contribution in [0.1, 0.15) is 36.5 Å². The molecule has 0 bridgehead atoms. The number of fused-ring (bicyclic) bond motifs is 3. The number of aromatic hydroxyl groups is 1. The van der Waals surface area contributed by atoms with E-state index in [1.54, 1.807) is 6.92 Å². The van der Waals surface area contributed by atoms with Gasteiger partial charge in [-0.3, -0.25) is 28.3 Å². The number of halogens is 1. The van der Waals surface area contributed by atoms with Gasteiger partial charge in [0.25, 0.3) is 30.4 Å². The molecular weight excluding hydrogens is 962 g/mol. The number of pyridine rings is 1. The molecule has 2 heterocycles. The van der Waals surface area contributed by atoms with Gasteiger partial charge in [0.1, 0.15) is 39.3 Å². The number of hydrogen-bond donors (Lipinski definition) is 7. The van der Waals surface area contributed by atoms with Gasteiger partial charge in [0, 0.05) is 23.4 Å². The quantitative estimate of drug-likeness (QED) is 0.00875. The standard InChI is InChI=1S/C35H34ClN11O12S5/c1-17-12-26(43-45-30-18(2)20(16-37)33-40-22-7-6-21(36)32(64(56,57)58)31(22)47(33)34(30)49)28(59-8-4-10-62(50,51)52)14-23(17)41-44-27-13-24(39-19(3)48)25(42-46-35(38)60)15-29(27)61-9-5-11-63(53,54)55/h6-7,12-15,49H,4-5,8-11H2,1-3H3,(H2,38,60)(H,39,48)(H,50,51,52)(H,53,54,55)(H,56,57,58). The molecule has 0 aliphatic rings.